The lowest BCUT2D eigenvalue weighted by molar-refractivity contribution is 0.379. The third-order valence-corrected chi connectivity index (χ3v) is 13.4. The Kier molecular flexibility index (Phi) is 16.2. The van der Waals surface area contributed by atoms with Gasteiger partial charge in [0.15, 0.2) is 163 Å². The Hall–Kier alpha value is -8.70. The van der Waals surface area contributed by atoms with Crippen LogP contribution in [-0.2, 0) is 12.6 Å². The monoisotopic (exact) mass is 1300 g/mol. The van der Waals surface area contributed by atoms with Crippen LogP contribution < -0.4 is 10.9 Å². The predicted molar refractivity (Wildman–Crippen MR) is 218 cm³/mol. The lowest BCUT2D eigenvalue weighted by Crippen LogP contribution is -2.67. The molecule has 0 spiro atoms. The van der Waals surface area contributed by atoms with Crippen molar-refractivity contribution >= 4 is 17.1 Å². The van der Waals surface area contributed by atoms with E-state index in [1.807, 2.05) is 0 Å². The Morgan fingerprint density at radius 3 is 0.368 bits per heavy atom. The van der Waals surface area contributed by atoms with Crippen molar-refractivity contribution < 1.29 is 158 Å². The Morgan fingerprint density at radius 2 is 0.230 bits per heavy atom. The van der Waals surface area contributed by atoms with Crippen LogP contribution in [0.25, 0.3) is 44.5 Å². The summed E-state index contributed by atoms with van der Waals surface area (Å²) >= 11 is 0. The lowest BCUT2D eigenvalue weighted by atomic mass is 9.14. The van der Waals surface area contributed by atoms with Crippen LogP contribution in [0.1, 0.15) is 11.1 Å². The zero-order valence-electron chi connectivity index (χ0n) is 39.6. The topological polar surface area (TPSA) is 0 Å². The first-order valence-electron chi connectivity index (χ1n) is 21.9. The first-order valence-corrected chi connectivity index (χ1v) is 21.9. The third kappa shape index (κ3) is 8.95. The molecular weight excluding hydrogens is 1300 g/mol. The molecule has 0 unspecified atom stereocenters. The Balaban J connectivity index is 1.66. The van der Waals surface area contributed by atoms with Crippen molar-refractivity contribution in [2.75, 3.05) is 0 Å². The molecule has 0 aliphatic carbocycles. The van der Waals surface area contributed by atoms with Crippen LogP contribution in [0.2, 0.25) is 0 Å². The summed E-state index contributed by atoms with van der Waals surface area (Å²) in [6.07, 6.45) is -14.9. The maximum atomic E-state index is 17.3. The molecule has 0 heterocycles. The highest BCUT2D eigenvalue weighted by atomic mass is 19.2. The molecule has 8 rings (SSSR count). The highest BCUT2D eigenvalue weighted by Crippen LogP contribution is 2.45. The van der Waals surface area contributed by atoms with Crippen molar-refractivity contribution in [3.8, 4) is 44.5 Å². The molecule has 0 nitrogen and oxygen atoms in total. The van der Waals surface area contributed by atoms with Gasteiger partial charge in [0.2, 0.25) is 23.3 Å². The summed E-state index contributed by atoms with van der Waals surface area (Å²) in [4.78, 5) is 0. The summed E-state index contributed by atoms with van der Waals surface area (Å²) < 4.78 is 559. The molecule has 87 heavy (non-hydrogen) atoms. The molecule has 37 heteroatoms. The highest BCUT2D eigenvalue weighted by Gasteiger charge is 2.49. The zero-order valence-corrected chi connectivity index (χ0v) is 39.6. The Labute approximate surface area is 452 Å². The molecule has 0 aliphatic heterocycles. The number of hydrogen-bond donors (Lipinski definition) is 0. The van der Waals surface area contributed by atoms with Crippen molar-refractivity contribution in [1.29, 1.82) is 0 Å². The minimum atomic E-state index is -7.26. The van der Waals surface area contributed by atoms with E-state index in [4.69, 9.17) is 0 Å². The molecule has 8 aromatic carbocycles. The molecule has 0 radical (unpaired) electrons. The standard InChI is InChI=1S/C50H4BF36/c52-15-3(16(53)20(57)5(19(15)56)9-27(64)39(76)47(84)40(77)28(9)65)1-51(13-35(72)23(60)7(24(61)36(13)73)11-31(68)43(80)49(86)44(81)32(11)69,14-37(74)25(62)8(26(63)38(14)75)12-33(70)45(82)50(87)46(83)34(12)71)2-4-17(54)21(58)6(22(59)18(4)55)10-29(66)41(78)48(85)42(79)30(10)67/h1-2H2/q-1. The van der Waals surface area contributed by atoms with Gasteiger partial charge in [-0.1, -0.05) is 0 Å². The van der Waals surface area contributed by atoms with Crippen molar-refractivity contribution in [3.63, 3.8) is 0 Å². The summed E-state index contributed by atoms with van der Waals surface area (Å²) in [6.45, 7) is 0. The second kappa shape index (κ2) is 21.9. The average Bonchev–Trinajstić information content (AvgIpc) is 0.729. The molecule has 0 bridgehead atoms. The van der Waals surface area contributed by atoms with Crippen LogP contribution in [-0.4, -0.2) is 6.15 Å². The quantitative estimate of drug-likeness (QED) is 0.0554. The van der Waals surface area contributed by atoms with Crippen LogP contribution in [0.15, 0.2) is 0 Å². The smallest absolute Gasteiger partial charge is 0.200 e. The van der Waals surface area contributed by atoms with E-state index in [9.17, 15) is 70.2 Å². The molecule has 0 saturated heterocycles. The van der Waals surface area contributed by atoms with E-state index in [2.05, 4.69) is 0 Å². The number of rotatable bonds is 10. The van der Waals surface area contributed by atoms with Crippen molar-refractivity contribution in [2.45, 2.75) is 12.6 Å². The van der Waals surface area contributed by atoms with Gasteiger partial charge in [-0.3, -0.25) is 0 Å². The van der Waals surface area contributed by atoms with E-state index in [-0.39, 0.29) is 0 Å². The average molecular weight is 1300 g/mol. The van der Waals surface area contributed by atoms with Gasteiger partial charge in [-0.25, -0.2) is 158 Å². The molecule has 0 atom stereocenters. The molecule has 8 aromatic rings. The van der Waals surface area contributed by atoms with Crippen molar-refractivity contribution in [3.05, 3.63) is 221 Å². The van der Waals surface area contributed by atoms with Gasteiger partial charge in [-0.2, -0.15) is 0 Å². The van der Waals surface area contributed by atoms with Crippen LogP contribution in [0.4, 0.5) is 158 Å². The van der Waals surface area contributed by atoms with Gasteiger partial charge in [-0.05, 0) is 11.1 Å². The fourth-order valence-corrected chi connectivity index (χ4v) is 9.48. The summed E-state index contributed by atoms with van der Waals surface area (Å²) in [6, 6.07) is 0. The predicted octanol–water partition coefficient (Wildman–Crippen LogP) is 16.5. The first kappa shape index (κ1) is 64.3. The normalized spacial score (nSPS) is 12.0. The lowest BCUT2D eigenvalue weighted by Gasteiger charge is -2.43. The first-order chi connectivity index (χ1) is 40.2. The number of hydrogen-bond acceptors (Lipinski definition) is 0. The van der Waals surface area contributed by atoms with E-state index in [0.29, 0.717) is 0 Å². The van der Waals surface area contributed by atoms with Crippen molar-refractivity contribution in [2.24, 2.45) is 0 Å². The van der Waals surface area contributed by atoms with E-state index in [1.54, 1.807) is 0 Å². The van der Waals surface area contributed by atoms with Gasteiger partial charge in [-0.15, -0.1) is 23.6 Å². The third-order valence-electron chi connectivity index (χ3n) is 13.4. The molecule has 0 saturated carbocycles. The number of halogens is 36. The molecular formula is C50H4BF36-. The van der Waals surface area contributed by atoms with Gasteiger partial charge in [0.1, 0.15) is 23.3 Å². The molecule has 0 fully saturated rings. The Bertz CT molecular complexity index is 3910. The van der Waals surface area contributed by atoms with Gasteiger partial charge in [0.25, 0.3) is 0 Å². The van der Waals surface area contributed by atoms with Crippen LogP contribution >= 0.6 is 0 Å². The molecule has 0 N–H and O–H groups in total. The minimum Gasteiger partial charge on any atom is -0.207 e. The van der Waals surface area contributed by atoms with Gasteiger partial charge >= 0.3 is 0 Å². The van der Waals surface area contributed by atoms with Gasteiger partial charge < -0.3 is 0 Å². The summed E-state index contributed by atoms with van der Waals surface area (Å²) in [5.74, 6) is -131. The summed E-state index contributed by atoms with van der Waals surface area (Å²) in [5.41, 5.74) is -40.6. The largest absolute Gasteiger partial charge is 0.207 e. The van der Waals surface area contributed by atoms with Crippen LogP contribution in [0, 0.1) is 209 Å². The SMILES string of the molecule is Fc1c(F)c(F)c(-c2c(F)c(F)c(C[B-](Cc3c(F)c(F)c(-c4c(F)c(F)c(F)c(F)c4F)c(F)c3F)(c3c(F)c(F)c(-c4c(F)c(F)c(F)c(F)c4F)c(F)c3F)c3c(F)c(F)c(-c4c(F)c(F)c(F)c(F)c4F)c(F)c3F)c(F)c2F)c(F)c1F. The van der Waals surface area contributed by atoms with Gasteiger partial charge in [0.05, 0.1) is 50.7 Å². The second-order valence-corrected chi connectivity index (χ2v) is 17.7. The fourth-order valence-electron chi connectivity index (χ4n) is 9.48. The maximum Gasteiger partial charge on any atom is 0.200 e. The summed E-state index contributed by atoms with van der Waals surface area (Å²) in [7, 11) is 0. The highest BCUT2D eigenvalue weighted by molar-refractivity contribution is 7.01. The molecule has 0 aliphatic rings. The van der Waals surface area contributed by atoms with Crippen LogP contribution in [0.3, 0.4) is 0 Å². The zero-order chi connectivity index (χ0) is 65.6. The molecule has 0 amide bonds. The maximum absolute atomic E-state index is 17.3. The van der Waals surface area contributed by atoms with E-state index in [1.165, 1.54) is 0 Å². The van der Waals surface area contributed by atoms with Crippen LogP contribution in [0.5, 0.6) is 0 Å². The minimum absolute atomic E-state index is 3.14. The Morgan fingerprint density at radius 1 is 0.126 bits per heavy atom. The second-order valence-electron chi connectivity index (χ2n) is 17.7. The molecule has 460 valence electrons. The van der Waals surface area contributed by atoms with Crippen molar-refractivity contribution in [1.82, 2.24) is 0 Å². The fraction of sp³-hybridized carbons (Fsp3) is 0.0400. The van der Waals surface area contributed by atoms with E-state index in [0.717, 1.165) is 0 Å². The number of benzene rings is 8. The van der Waals surface area contributed by atoms with Gasteiger partial charge in [0, 0.05) is 0 Å². The molecule has 0 aromatic heterocycles. The summed E-state index contributed by atoms with van der Waals surface area (Å²) in [5, 5.41) is 0. The van der Waals surface area contributed by atoms with E-state index >= 15 is 87.8 Å². The van der Waals surface area contributed by atoms with E-state index < -0.39 is 295 Å².